The van der Waals surface area contributed by atoms with E-state index >= 15 is 0 Å². The molecule has 98 valence electrons. The summed E-state index contributed by atoms with van der Waals surface area (Å²) in [5, 5.41) is 2.86. The van der Waals surface area contributed by atoms with Crippen molar-refractivity contribution in [2.45, 2.75) is 25.7 Å². The van der Waals surface area contributed by atoms with E-state index in [0.29, 0.717) is 18.8 Å². The number of ether oxygens (including phenoxy) is 1. The maximum absolute atomic E-state index is 12.1. The quantitative estimate of drug-likeness (QED) is 0.865. The Kier molecular flexibility index (Phi) is 4.15. The van der Waals surface area contributed by atoms with E-state index in [0.717, 1.165) is 11.1 Å². The van der Waals surface area contributed by atoms with Gasteiger partial charge in [0.1, 0.15) is 0 Å². The first kappa shape index (κ1) is 13.7. The van der Waals surface area contributed by atoms with E-state index < -0.39 is 5.54 Å². The second kappa shape index (κ2) is 5.47. The highest BCUT2D eigenvalue weighted by Crippen LogP contribution is 2.21. The molecule has 2 rings (SSSR count). The van der Waals surface area contributed by atoms with Crippen LogP contribution in [0.5, 0.6) is 0 Å². The molecule has 1 amide bonds. The van der Waals surface area contributed by atoms with Gasteiger partial charge in [-0.3, -0.25) is 4.79 Å². The molecule has 1 aliphatic rings. The van der Waals surface area contributed by atoms with Gasteiger partial charge >= 0.3 is 0 Å². The number of amides is 1. The lowest BCUT2D eigenvalue weighted by atomic mass is 10.0. The Bertz CT molecular complexity index is 458. The largest absolute Gasteiger partial charge is 0.372 e. The number of nitrogens with one attached hydrogen (secondary N) is 1. The highest BCUT2D eigenvalue weighted by atomic mass is 35.5. The summed E-state index contributed by atoms with van der Waals surface area (Å²) in [5.74, 6) is 0.389. The number of rotatable bonds is 4. The molecule has 0 unspecified atom stereocenters. The SMILES string of the molecule is CC(CCl)(CCl)NC(=O)c1ccc2c(c1)COC2. The predicted molar refractivity (Wildman–Crippen MR) is 72.2 cm³/mol. The van der Waals surface area contributed by atoms with Gasteiger partial charge < -0.3 is 10.1 Å². The Balaban J connectivity index is 2.14. The molecule has 1 aliphatic heterocycles. The van der Waals surface area contributed by atoms with Gasteiger partial charge in [-0.2, -0.15) is 0 Å². The lowest BCUT2D eigenvalue weighted by Gasteiger charge is -2.26. The number of carbonyl (C=O) groups is 1. The number of hydrogen-bond donors (Lipinski definition) is 1. The van der Waals surface area contributed by atoms with Gasteiger partial charge in [-0.1, -0.05) is 6.07 Å². The molecule has 0 bridgehead atoms. The lowest BCUT2D eigenvalue weighted by molar-refractivity contribution is 0.0921. The Hall–Kier alpha value is -0.770. The van der Waals surface area contributed by atoms with Gasteiger partial charge in [0.15, 0.2) is 0 Å². The Morgan fingerprint density at radius 1 is 1.33 bits per heavy atom. The molecule has 0 saturated carbocycles. The molecular formula is C13H15Cl2NO2. The van der Waals surface area contributed by atoms with Gasteiger partial charge in [0, 0.05) is 17.3 Å². The molecule has 0 spiro atoms. The van der Waals surface area contributed by atoms with Crippen LogP contribution in [0.4, 0.5) is 0 Å². The summed E-state index contributed by atoms with van der Waals surface area (Å²) < 4.78 is 5.32. The monoisotopic (exact) mass is 287 g/mol. The van der Waals surface area contributed by atoms with E-state index in [1.807, 2.05) is 19.1 Å². The molecule has 0 atom stereocenters. The number of benzene rings is 1. The van der Waals surface area contributed by atoms with Crippen LogP contribution in [0.15, 0.2) is 18.2 Å². The minimum Gasteiger partial charge on any atom is -0.372 e. The van der Waals surface area contributed by atoms with E-state index in [9.17, 15) is 4.79 Å². The number of hydrogen-bond acceptors (Lipinski definition) is 2. The molecule has 0 radical (unpaired) electrons. The Labute approximate surface area is 116 Å². The fraction of sp³-hybridized carbons (Fsp3) is 0.462. The number of halogens is 2. The zero-order valence-electron chi connectivity index (χ0n) is 10.1. The molecule has 1 heterocycles. The first-order valence-electron chi connectivity index (χ1n) is 5.72. The fourth-order valence-electron chi connectivity index (χ4n) is 1.76. The number of fused-ring (bicyclic) bond motifs is 1. The summed E-state index contributed by atoms with van der Waals surface area (Å²) in [6.07, 6.45) is 0. The van der Waals surface area contributed by atoms with E-state index in [4.69, 9.17) is 27.9 Å². The molecule has 0 aromatic heterocycles. The van der Waals surface area contributed by atoms with Crippen molar-refractivity contribution < 1.29 is 9.53 Å². The molecule has 18 heavy (non-hydrogen) atoms. The molecule has 3 nitrogen and oxygen atoms in total. The second-order valence-corrected chi connectivity index (χ2v) is 5.29. The minimum absolute atomic E-state index is 0.159. The van der Waals surface area contributed by atoms with Gasteiger partial charge in [0.25, 0.3) is 5.91 Å². The summed E-state index contributed by atoms with van der Waals surface area (Å²) in [5.41, 5.74) is 2.24. The molecule has 1 aromatic rings. The van der Waals surface area contributed by atoms with E-state index in [1.54, 1.807) is 6.07 Å². The van der Waals surface area contributed by atoms with Crippen LogP contribution in [0.2, 0.25) is 0 Å². The van der Waals surface area contributed by atoms with Crippen molar-refractivity contribution in [3.63, 3.8) is 0 Å². The van der Waals surface area contributed by atoms with Gasteiger partial charge in [0.05, 0.1) is 18.8 Å². The van der Waals surface area contributed by atoms with Crippen molar-refractivity contribution in [2.75, 3.05) is 11.8 Å². The maximum Gasteiger partial charge on any atom is 0.251 e. The van der Waals surface area contributed by atoms with Crippen LogP contribution in [-0.4, -0.2) is 23.2 Å². The van der Waals surface area contributed by atoms with Gasteiger partial charge in [-0.25, -0.2) is 0 Å². The number of carbonyl (C=O) groups excluding carboxylic acids is 1. The molecule has 5 heteroatoms. The van der Waals surface area contributed by atoms with Crippen LogP contribution in [-0.2, 0) is 18.0 Å². The molecule has 0 saturated heterocycles. The van der Waals surface area contributed by atoms with Gasteiger partial charge in [-0.15, -0.1) is 23.2 Å². The second-order valence-electron chi connectivity index (χ2n) is 4.76. The van der Waals surface area contributed by atoms with Crippen LogP contribution in [0.25, 0.3) is 0 Å². The Morgan fingerprint density at radius 2 is 2.00 bits per heavy atom. The van der Waals surface area contributed by atoms with Crippen LogP contribution < -0.4 is 5.32 Å². The molecule has 0 fully saturated rings. The summed E-state index contributed by atoms with van der Waals surface area (Å²) in [6.45, 7) is 3.01. The van der Waals surface area contributed by atoms with Crippen molar-refractivity contribution in [1.29, 1.82) is 0 Å². The average Bonchev–Trinajstić information content (AvgIpc) is 2.85. The Morgan fingerprint density at radius 3 is 2.67 bits per heavy atom. The fourth-order valence-corrected chi connectivity index (χ4v) is 2.18. The van der Waals surface area contributed by atoms with E-state index in [-0.39, 0.29) is 17.7 Å². The standard InChI is InChI=1S/C13H15Cl2NO2/c1-13(7-14,8-15)16-12(17)9-2-3-10-5-18-6-11(10)4-9/h2-4H,5-8H2,1H3,(H,16,17). The molecular weight excluding hydrogens is 273 g/mol. The van der Waals surface area contributed by atoms with Crippen molar-refractivity contribution in [3.8, 4) is 0 Å². The normalized spacial score (nSPS) is 14.4. The van der Waals surface area contributed by atoms with Gasteiger partial charge in [0.2, 0.25) is 0 Å². The summed E-state index contributed by atoms with van der Waals surface area (Å²) in [6, 6.07) is 5.59. The number of alkyl halides is 2. The van der Waals surface area contributed by atoms with Crippen LogP contribution in [0.3, 0.4) is 0 Å². The van der Waals surface area contributed by atoms with Crippen LogP contribution >= 0.6 is 23.2 Å². The third kappa shape index (κ3) is 2.79. The zero-order chi connectivity index (χ0) is 13.2. The molecule has 1 N–H and O–H groups in total. The van der Waals surface area contributed by atoms with Crippen molar-refractivity contribution in [3.05, 3.63) is 34.9 Å². The summed E-state index contributed by atoms with van der Waals surface area (Å²) >= 11 is 11.6. The smallest absolute Gasteiger partial charge is 0.251 e. The minimum atomic E-state index is -0.588. The molecule has 0 aliphatic carbocycles. The lowest BCUT2D eigenvalue weighted by Crippen LogP contribution is -2.49. The van der Waals surface area contributed by atoms with Crippen molar-refractivity contribution >= 4 is 29.1 Å². The summed E-state index contributed by atoms with van der Waals surface area (Å²) in [4.78, 5) is 12.1. The van der Waals surface area contributed by atoms with Crippen molar-refractivity contribution in [2.24, 2.45) is 0 Å². The third-order valence-electron chi connectivity index (χ3n) is 2.99. The first-order valence-corrected chi connectivity index (χ1v) is 6.79. The topological polar surface area (TPSA) is 38.3 Å². The zero-order valence-corrected chi connectivity index (χ0v) is 11.6. The third-order valence-corrected chi connectivity index (χ3v) is 4.17. The molecule has 1 aromatic carbocycles. The maximum atomic E-state index is 12.1. The van der Waals surface area contributed by atoms with E-state index in [2.05, 4.69) is 5.32 Å². The predicted octanol–water partition coefficient (Wildman–Crippen LogP) is 2.68. The van der Waals surface area contributed by atoms with Crippen LogP contribution in [0.1, 0.15) is 28.4 Å². The highest BCUT2D eigenvalue weighted by Gasteiger charge is 2.25. The summed E-state index contributed by atoms with van der Waals surface area (Å²) in [7, 11) is 0. The van der Waals surface area contributed by atoms with Crippen LogP contribution in [0, 0.1) is 0 Å². The van der Waals surface area contributed by atoms with E-state index in [1.165, 1.54) is 0 Å². The van der Waals surface area contributed by atoms with Crippen molar-refractivity contribution in [1.82, 2.24) is 5.32 Å². The average molecular weight is 288 g/mol. The van der Waals surface area contributed by atoms with Gasteiger partial charge in [-0.05, 0) is 30.2 Å². The first-order chi connectivity index (χ1) is 8.58. The highest BCUT2D eigenvalue weighted by molar-refractivity contribution is 6.22.